The number of nitrogens with zero attached hydrogens (tertiary/aromatic N) is 2. The van der Waals surface area contributed by atoms with Crippen molar-refractivity contribution in [3.63, 3.8) is 0 Å². The third-order valence-corrected chi connectivity index (χ3v) is 15.4. The van der Waals surface area contributed by atoms with Crippen LogP contribution < -0.4 is 10.4 Å². The number of fused-ring (bicyclic) bond motifs is 6. The Hall–Kier alpha value is -5.94. The second-order valence-electron chi connectivity index (χ2n) is 14.2. The molecule has 0 saturated carbocycles. The average Bonchev–Trinajstić information content (AvgIpc) is 3.70. The first-order chi connectivity index (χ1) is 25.5. The van der Waals surface area contributed by atoms with Gasteiger partial charge in [-0.3, -0.25) is 0 Å². The highest BCUT2D eigenvalue weighted by Gasteiger charge is 2.42. The summed E-state index contributed by atoms with van der Waals surface area (Å²) in [5, 5.41) is 5.36. The first-order valence-electron chi connectivity index (χ1n) is 17.8. The number of benzene rings is 7. The number of thiophene rings is 1. The molecule has 0 amide bonds. The Morgan fingerprint density at radius 3 is 1.62 bits per heavy atom. The van der Waals surface area contributed by atoms with Crippen LogP contribution in [-0.4, -0.2) is 18.0 Å². The number of hydrogen-bond donors (Lipinski definition) is 0. The molecule has 0 radical (unpaired) electrons. The van der Waals surface area contributed by atoms with E-state index in [0.29, 0.717) is 0 Å². The van der Waals surface area contributed by atoms with Crippen molar-refractivity contribution in [3.8, 4) is 67.3 Å². The molecule has 52 heavy (non-hydrogen) atoms. The predicted octanol–water partition coefficient (Wildman–Crippen LogP) is 12.0. The lowest BCUT2D eigenvalue weighted by Crippen LogP contribution is -2.50. The molecule has 0 fully saturated rings. The molecule has 4 heteroatoms. The molecule has 1 aliphatic heterocycles. The minimum atomic E-state index is -2.11. The second kappa shape index (κ2) is 12.1. The lowest BCUT2D eigenvalue weighted by atomic mass is 9.95. The molecular weight excluding hydrogens is 665 g/mol. The molecular formula is C48H34N2SSi. The van der Waals surface area contributed by atoms with Gasteiger partial charge in [-0.1, -0.05) is 159 Å². The van der Waals surface area contributed by atoms with E-state index < -0.39 is 8.07 Å². The normalized spacial score (nSPS) is 13.0. The van der Waals surface area contributed by atoms with Gasteiger partial charge in [0.25, 0.3) is 0 Å². The molecule has 0 atom stereocenters. The lowest BCUT2D eigenvalue weighted by Gasteiger charge is -2.22. The van der Waals surface area contributed by atoms with Gasteiger partial charge in [0.2, 0.25) is 0 Å². The Balaban J connectivity index is 1.12. The summed E-state index contributed by atoms with van der Waals surface area (Å²) in [6.45, 7) is 4.91. The molecule has 2 nitrogen and oxygen atoms in total. The van der Waals surface area contributed by atoms with E-state index in [9.17, 15) is 0 Å². The van der Waals surface area contributed by atoms with Gasteiger partial charge in [0.15, 0.2) is 5.82 Å². The van der Waals surface area contributed by atoms with E-state index in [1.807, 2.05) is 11.3 Å². The molecule has 2 aromatic heterocycles. The third-order valence-electron chi connectivity index (χ3n) is 10.7. The fourth-order valence-corrected chi connectivity index (χ4v) is 12.5. The third kappa shape index (κ3) is 4.98. The molecule has 0 spiro atoms. The Morgan fingerprint density at radius 2 is 0.904 bits per heavy atom. The highest BCUT2D eigenvalue weighted by Crippen LogP contribution is 2.42. The van der Waals surface area contributed by atoms with E-state index in [2.05, 4.69) is 183 Å². The van der Waals surface area contributed by atoms with E-state index in [1.54, 1.807) is 0 Å². The summed E-state index contributed by atoms with van der Waals surface area (Å²) < 4.78 is 2.59. The smallest absolute Gasteiger partial charge is 0.160 e. The summed E-state index contributed by atoms with van der Waals surface area (Å²) in [6, 6.07) is 61.4. The summed E-state index contributed by atoms with van der Waals surface area (Å²) in [6.07, 6.45) is 0. The largest absolute Gasteiger partial charge is 0.228 e. The number of aromatic nitrogens is 2. The Bertz CT molecular complexity index is 2830. The number of hydrogen-bond acceptors (Lipinski definition) is 3. The van der Waals surface area contributed by atoms with Crippen molar-refractivity contribution in [3.05, 3.63) is 170 Å². The molecule has 0 bridgehead atoms. The first-order valence-corrected chi connectivity index (χ1v) is 21.6. The summed E-state index contributed by atoms with van der Waals surface area (Å²) >= 11 is 1.87. The second-order valence-corrected chi connectivity index (χ2v) is 19.5. The topological polar surface area (TPSA) is 25.8 Å². The highest BCUT2D eigenvalue weighted by molar-refractivity contribution is 7.26. The average molecular weight is 699 g/mol. The van der Waals surface area contributed by atoms with Crippen LogP contribution in [0.5, 0.6) is 0 Å². The maximum atomic E-state index is 5.55. The van der Waals surface area contributed by atoms with E-state index in [-0.39, 0.29) is 0 Å². The van der Waals surface area contributed by atoms with E-state index in [4.69, 9.17) is 9.97 Å². The van der Waals surface area contributed by atoms with Gasteiger partial charge in [0, 0.05) is 31.3 Å². The van der Waals surface area contributed by atoms with Crippen LogP contribution in [0.1, 0.15) is 0 Å². The molecule has 0 saturated heterocycles. The van der Waals surface area contributed by atoms with E-state index in [0.717, 1.165) is 28.3 Å². The molecule has 7 aromatic carbocycles. The van der Waals surface area contributed by atoms with Crippen LogP contribution in [0, 0.1) is 0 Å². The summed E-state index contributed by atoms with van der Waals surface area (Å²) in [4.78, 5) is 11.0. The summed E-state index contributed by atoms with van der Waals surface area (Å²) in [5.41, 5.74) is 12.8. The standard InChI is InChI=1S/C48H34N2SSi/c1-52(2)43-27-9-7-23-40(43)44-47(52)45(41-25-13-24-39-38-22-6-8-26-42(38)51-46(39)41)50-48(49-44)37-21-12-20-36(30-37)35-19-11-18-34(29-35)33-17-10-16-32(28-33)31-14-4-3-5-15-31/h3-30H,1-2H3. The van der Waals surface area contributed by atoms with Crippen molar-refractivity contribution in [2.24, 2.45) is 0 Å². The minimum absolute atomic E-state index is 0.766. The van der Waals surface area contributed by atoms with Crippen molar-refractivity contribution in [2.45, 2.75) is 13.1 Å². The van der Waals surface area contributed by atoms with Crippen LogP contribution in [0.4, 0.5) is 0 Å². The summed E-state index contributed by atoms with van der Waals surface area (Å²) in [7, 11) is -2.11. The zero-order valence-electron chi connectivity index (χ0n) is 29.0. The monoisotopic (exact) mass is 698 g/mol. The van der Waals surface area contributed by atoms with Gasteiger partial charge in [0.1, 0.15) is 8.07 Å². The van der Waals surface area contributed by atoms with E-state index >= 15 is 0 Å². The predicted molar refractivity (Wildman–Crippen MR) is 224 cm³/mol. The molecule has 9 aromatic rings. The molecule has 10 rings (SSSR count). The van der Waals surface area contributed by atoms with Crippen molar-refractivity contribution >= 4 is 50.0 Å². The zero-order valence-corrected chi connectivity index (χ0v) is 30.8. The van der Waals surface area contributed by atoms with Crippen LogP contribution in [0.3, 0.4) is 0 Å². The van der Waals surface area contributed by atoms with Gasteiger partial charge in [-0.05, 0) is 73.6 Å². The number of rotatable bonds is 5. The molecule has 1 aliphatic rings. The van der Waals surface area contributed by atoms with Crippen LogP contribution >= 0.6 is 11.3 Å². The molecule has 0 unspecified atom stereocenters. The van der Waals surface area contributed by atoms with E-state index in [1.165, 1.54) is 69.5 Å². The Morgan fingerprint density at radius 1 is 0.423 bits per heavy atom. The molecule has 3 heterocycles. The van der Waals surface area contributed by atoms with Gasteiger partial charge in [-0.2, -0.15) is 0 Å². The van der Waals surface area contributed by atoms with Gasteiger partial charge in [-0.15, -0.1) is 11.3 Å². The zero-order chi connectivity index (χ0) is 34.8. The van der Waals surface area contributed by atoms with Crippen LogP contribution in [0.15, 0.2) is 170 Å². The van der Waals surface area contributed by atoms with Crippen molar-refractivity contribution in [2.75, 3.05) is 0 Å². The lowest BCUT2D eigenvalue weighted by molar-refractivity contribution is 1.20. The van der Waals surface area contributed by atoms with Gasteiger partial charge >= 0.3 is 0 Å². The maximum absolute atomic E-state index is 5.55. The minimum Gasteiger partial charge on any atom is -0.228 e. The molecule has 0 aliphatic carbocycles. The van der Waals surface area contributed by atoms with Gasteiger partial charge in [0.05, 0.1) is 11.4 Å². The van der Waals surface area contributed by atoms with Gasteiger partial charge in [-0.25, -0.2) is 9.97 Å². The first kappa shape index (κ1) is 30.8. The fraction of sp³-hybridized carbons (Fsp3) is 0.0417. The van der Waals surface area contributed by atoms with Crippen LogP contribution in [0.2, 0.25) is 13.1 Å². The molecule has 0 N–H and O–H groups in total. The Kier molecular flexibility index (Phi) is 7.17. The SMILES string of the molecule is C[Si]1(C)c2ccccc2-c2nc(-c3cccc(-c4cccc(-c5cccc(-c6ccccc6)c5)c4)c3)nc(-c3cccc4c3sc3ccccc34)c21. The maximum Gasteiger partial charge on any atom is 0.160 e. The van der Waals surface area contributed by atoms with Crippen molar-refractivity contribution < 1.29 is 0 Å². The Labute approximate surface area is 308 Å². The quantitative estimate of drug-likeness (QED) is 0.167. The van der Waals surface area contributed by atoms with Gasteiger partial charge < -0.3 is 0 Å². The summed E-state index contributed by atoms with van der Waals surface area (Å²) in [5.74, 6) is 0.766. The van der Waals surface area contributed by atoms with Crippen LogP contribution in [-0.2, 0) is 0 Å². The fourth-order valence-electron chi connectivity index (χ4n) is 8.10. The molecule has 246 valence electrons. The van der Waals surface area contributed by atoms with Crippen molar-refractivity contribution in [1.82, 2.24) is 9.97 Å². The van der Waals surface area contributed by atoms with Crippen molar-refractivity contribution in [1.29, 1.82) is 0 Å². The van der Waals surface area contributed by atoms with Crippen LogP contribution in [0.25, 0.3) is 87.5 Å². The highest BCUT2D eigenvalue weighted by atomic mass is 32.1.